The van der Waals surface area contributed by atoms with Gasteiger partial charge in [-0.1, -0.05) is 61.5 Å². The van der Waals surface area contributed by atoms with E-state index in [0.29, 0.717) is 38.8 Å². The van der Waals surface area contributed by atoms with Gasteiger partial charge in [-0.05, 0) is 53.4 Å². The number of rotatable bonds is 7. The van der Waals surface area contributed by atoms with E-state index in [4.69, 9.17) is 0 Å². The first kappa shape index (κ1) is 23.9. The molecule has 184 valence electrons. The number of phenolic OH excluding ortho intramolecular Hbond substituents is 1. The number of benzene rings is 4. The molecule has 2 N–H and O–H groups in total. The summed E-state index contributed by atoms with van der Waals surface area (Å²) in [4.78, 5) is 11.2. The lowest BCUT2D eigenvalue weighted by Crippen LogP contribution is -1.94. The number of azo groups is 1. The zero-order valence-corrected chi connectivity index (χ0v) is 20.1. The summed E-state index contributed by atoms with van der Waals surface area (Å²) in [7, 11) is 0. The molecule has 1 aromatic heterocycles. The van der Waals surface area contributed by atoms with Crippen molar-refractivity contribution in [2.75, 3.05) is 0 Å². The van der Waals surface area contributed by atoms with E-state index < -0.39 is 6.67 Å². The predicted octanol–water partition coefficient (Wildman–Crippen LogP) is 7.97. The van der Waals surface area contributed by atoms with E-state index in [1.165, 1.54) is 0 Å². The zero-order chi connectivity index (χ0) is 25.9. The summed E-state index contributed by atoms with van der Waals surface area (Å²) in [5, 5.41) is 31.3. The van der Waals surface area contributed by atoms with Crippen molar-refractivity contribution in [3.63, 3.8) is 0 Å². The quantitative estimate of drug-likeness (QED) is 0.178. The molecule has 5 rings (SSSR count). The number of carbonyl (C=O) groups is 1. The average Bonchev–Trinajstić information content (AvgIpc) is 3.22. The van der Waals surface area contributed by atoms with Gasteiger partial charge in [0.15, 0.2) is 11.4 Å². The molecular weight excluding hydrogens is 469 g/mol. The number of halogens is 1. The number of hydrogen-bond acceptors (Lipinski definition) is 5. The van der Waals surface area contributed by atoms with E-state index in [9.17, 15) is 19.4 Å². The fourth-order valence-corrected chi connectivity index (χ4v) is 4.36. The lowest BCUT2D eigenvalue weighted by atomic mass is 10.0. The van der Waals surface area contributed by atoms with Gasteiger partial charge in [-0.15, -0.1) is 10.2 Å². The molecule has 7 heteroatoms. The maximum Gasteiger partial charge on any atom is 0.225 e. The Morgan fingerprint density at radius 1 is 0.892 bits per heavy atom. The highest BCUT2D eigenvalue weighted by Crippen LogP contribution is 2.43. The number of aldehydes is 1. The number of alkyl halides is 1. The summed E-state index contributed by atoms with van der Waals surface area (Å²) in [5.41, 5.74) is 4.96. The van der Waals surface area contributed by atoms with Gasteiger partial charge in [0.1, 0.15) is 18.6 Å². The Morgan fingerprint density at radius 2 is 1.65 bits per heavy atom. The second kappa shape index (κ2) is 10.1. The number of aromatic nitrogens is 1. The van der Waals surface area contributed by atoms with Crippen LogP contribution in [0.15, 0.2) is 95.2 Å². The van der Waals surface area contributed by atoms with Crippen LogP contribution >= 0.6 is 0 Å². The molecule has 0 saturated carbocycles. The first-order chi connectivity index (χ1) is 18.0. The molecule has 0 aliphatic rings. The lowest BCUT2D eigenvalue weighted by molar-refractivity contribution is 0.112. The molecule has 0 aliphatic carbocycles. The third-order valence-corrected chi connectivity index (χ3v) is 6.35. The first-order valence-corrected chi connectivity index (χ1v) is 11.8. The molecule has 0 unspecified atom stereocenters. The maximum atomic E-state index is 13.5. The van der Waals surface area contributed by atoms with Gasteiger partial charge in [-0.2, -0.15) is 0 Å². The van der Waals surface area contributed by atoms with Crippen LogP contribution < -0.4 is 0 Å². The van der Waals surface area contributed by atoms with Gasteiger partial charge in [-0.3, -0.25) is 9.36 Å². The summed E-state index contributed by atoms with van der Waals surface area (Å²) < 4.78 is 15.1. The molecule has 0 spiro atoms. The maximum absolute atomic E-state index is 13.5. The fraction of sp³-hybridized carbons (Fsp3) is 0.100. The minimum absolute atomic E-state index is 0.104. The Balaban J connectivity index is 1.62. The van der Waals surface area contributed by atoms with Gasteiger partial charge in [0.2, 0.25) is 5.88 Å². The highest BCUT2D eigenvalue weighted by molar-refractivity contribution is 5.97. The third-order valence-electron chi connectivity index (χ3n) is 6.35. The van der Waals surface area contributed by atoms with Gasteiger partial charge in [0.25, 0.3) is 0 Å². The monoisotopic (exact) mass is 493 g/mol. The molecule has 0 saturated heterocycles. The SMILES string of the molecule is CCc1ccc(-n2c(O)c(N=Nc3cccc(-c4cccc(C=O)c4)c3O)c3ccc(CF)cc32)cc1. The summed E-state index contributed by atoms with van der Waals surface area (Å²) in [6.45, 7) is 1.42. The Hall–Kier alpha value is -4.78. The highest BCUT2D eigenvalue weighted by Gasteiger charge is 2.19. The van der Waals surface area contributed by atoms with Crippen LogP contribution in [0.5, 0.6) is 11.6 Å². The predicted molar refractivity (Wildman–Crippen MR) is 142 cm³/mol. The largest absolute Gasteiger partial charge is 0.505 e. The van der Waals surface area contributed by atoms with Gasteiger partial charge in [0, 0.05) is 22.2 Å². The second-order valence-corrected chi connectivity index (χ2v) is 8.63. The molecule has 0 aliphatic heterocycles. The molecule has 6 nitrogen and oxygen atoms in total. The van der Waals surface area contributed by atoms with Crippen molar-refractivity contribution in [1.82, 2.24) is 4.57 Å². The average molecular weight is 494 g/mol. The van der Waals surface area contributed by atoms with Crippen LogP contribution in [0.3, 0.4) is 0 Å². The number of nitrogens with zero attached hydrogens (tertiary/aromatic N) is 3. The molecule has 0 amide bonds. The van der Waals surface area contributed by atoms with Crippen molar-refractivity contribution >= 4 is 28.6 Å². The summed E-state index contributed by atoms with van der Waals surface area (Å²) >= 11 is 0. The number of para-hydroxylation sites is 1. The van der Waals surface area contributed by atoms with Crippen molar-refractivity contribution in [3.05, 3.63) is 102 Å². The Labute approximate surface area is 213 Å². The molecule has 0 bridgehead atoms. The van der Waals surface area contributed by atoms with Gasteiger partial charge < -0.3 is 10.2 Å². The van der Waals surface area contributed by atoms with Crippen LogP contribution in [-0.4, -0.2) is 21.1 Å². The topological polar surface area (TPSA) is 87.2 Å². The minimum atomic E-state index is -0.639. The Bertz CT molecular complexity index is 1640. The van der Waals surface area contributed by atoms with Gasteiger partial charge in [0.05, 0.1) is 5.52 Å². The van der Waals surface area contributed by atoms with Crippen LogP contribution in [0.4, 0.5) is 15.8 Å². The minimum Gasteiger partial charge on any atom is -0.505 e. The molecule has 0 radical (unpaired) electrons. The van der Waals surface area contributed by atoms with Crippen molar-refractivity contribution in [2.24, 2.45) is 10.2 Å². The lowest BCUT2D eigenvalue weighted by Gasteiger charge is -2.08. The Morgan fingerprint density at radius 3 is 2.38 bits per heavy atom. The number of carbonyl (C=O) groups excluding carboxylic acids is 1. The smallest absolute Gasteiger partial charge is 0.225 e. The fourth-order valence-electron chi connectivity index (χ4n) is 4.36. The molecule has 1 heterocycles. The number of fused-ring (bicyclic) bond motifs is 1. The van der Waals surface area contributed by atoms with Crippen molar-refractivity contribution in [1.29, 1.82) is 0 Å². The number of phenols is 1. The van der Waals surface area contributed by atoms with E-state index in [2.05, 4.69) is 17.2 Å². The van der Waals surface area contributed by atoms with Crippen LogP contribution in [0.25, 0.3) is 27.7 Å². The van der Waals surface area contributed by atoms with Gasteiger partial charge >= 0.3 is 0 Å². The molecule has 0 fully saturated rings. The highest BCUT2D eigenvalue weighted by atomic mass is 19.1. The summed E-state index contributed by atoms with van der Waals surface area (Å²) in [5.74, 6) is -0.249. The molecule has 4 aromatic carbocycles. The van der Waals surface area contributed by atoms with E-state index >= 15 is 0 Å². The van der Waals surface area contributed by atoms with Crippen molar-refractivity contribution in [2.45, 2.75) is 20.0 Å². The normalized spacial score (nSPS) is 11.4. The van der Waals surface area contributed by atoms with E-state index in [0.717, 1.165) is 18.3 Å². The third kappa shape index (κ3) is 4.47. The van der Waals surface area contributed by atoms with Crippen molar-refractivity contribution in [3.8, 4) is 28.4 Å². The van der Waals surface area contributed by atoms with Gasteiger partial charge in [-0.25, -0.2) is 4.39 Å². The van der Waals surface area contributed by atoms with Crippen molar-refractivity contribution < 1.29 is 19.4 Å². The van der Waals surface area contributed by atoms with Crippen LogP contribution in [0, 0.1) is 0 Å². The molecule has 37 heavy (non-hydrogen) atoms. The number of aromatic hydroxyl groups is 2. The Kier molecular flexibility index (Phi) is 6.51. The number of aryl methyl sites for hydroxylation is 1. The van der Waals surface area contributed by atoms with E-state index in [1.54, 1.807) is 65.2 Å². The standard InChI is InChI=1S/C30H24FN3O3/c1-2-19-9-12-23(13-10-19)34-27-16-20(17-31)11-14-25(27)28(30(34)37)33-32-26-8-4-7-24(29(26)36)22-6-3-5-21(15-22)18-35/h3-16,18,36-37H,2,17H2,1H3. The summed E-state index contributed by atoms with van der Waals surface area (Å²) in [6.07, 6.45) is 1.62. The second-order valence-electron chi connectivity index (χ2n) is 8.63. The number of hydrogen-bond donors (Lipinski definition) is 2. The first-order valence-electron chi connectivity index (χ1n) is 11.8. The molecular formula is C30H24FN3O3. The summed E-state index contributed by atoms with van der Waals surface area (Å²) in [6, 6.07) is 24.7. The van der Waals surface area contributed by atoms with Crippen LogP contribution in [-0.2, 0) is 13.1 Å². The molecule has 5 aromatic rings. The van der Waals surface area contributed by atoms with Crippen LogP contribution in [0.2, 0.25) is 0 Å². The zero-order valence-electron chi connectivity index (χ0n) is 20.1. The molecule has 0 atom stereocenters. The van der Waals surface area contributed by atoms with Crippen LogP contribution in [0.1, 0.15) is 28.4 Å². The van der Waals surface area contributed by atoms with E-state index in [1.807, 2.05) is 24.3 Å². The van der Waals surface area contributed by atoms with E-state index in [-0.39, 0.29) is 23.0 Å².